The number of rotatable bonds is 5. The number of hydrogen-bond donors (Lipinski definition) is 1. The highest BCUT2D eigenvalue weighted by molar-refractivity contribution is 7.71. The highest BCUT2D eigenvalue weighted by atomic mass is 35.5. The van der Waals surface area contributed by atoms with Crippen LogP contribution in [0.4, 0.5) is 0 Å². The number of carbonyl (C=O) groups excluding carboxylic acids is 1. The molecule has 1 aromatic heterocycles. The van der Waals surface area contributed by atoms with Gasteiger partial charge in [0, 0.05) is 17.1 Å². The molecule has 2 N–H and O–H groups in total. The largest absolute Gasteiger partial charge is 0.368 e. The average molecular weight is 484 g/mol. The number of nitrogens with two attached hydrogens (primary N) is 1. The molecule has 2 heterocycles. The second kappa shape index (κ2) is 9.41. The number of benzene rings is 2. The second-order valence-electron chi connectivity index (χ2n) is 9.61. The molecule has 0 radical (unpaired) electrons. The third-order valence-corrected chi connectivity index (χ3v) is 6.84. The lowest BCUT2D eigenvalue weighted by Crippen LogP contribution is -2.48. The van der Waals surface area contributed by atoms with Crippen LogP contribution in [0.3, 0.4) is 0 Å². The minimum absolute atomic E-state index is 0.0608. The van der Waals surface area contributed by atoms with Crippen molar-refractivity contribution in [1.29, 1.82) is 0 Å². The highest BCUT2D eigenvalue weighted by Crippen LogP contribution is 2.28. The molecule has 174 valence electrons. The summed E-state index contributed by atoms with van der Waals surface area (Å²) in [5, 5.41) is 5.57. The van der Waals surface area contributed by atoms with Crippen molar-refractivity contribution < 1.29 is 4.79 Å². The molecule has 1 fully saturated rings. The molecule has 1 aliphatic heterocycles. The summed E-state index contributed by atoms with van der Waals surface area (Å²) >= 11 is 12.0. The first-order chi connectivity index (χ1) is 15.6. The Labute approximate surface area is 205 Å². The standard InChI is InChI=1S/C25H30ClN5OS/c1-25(2,3)18-9-7-17(8-10-18)23-28-30(16-29-15-5-4-6-21(29)22(27)32)24(33)31(23)20-13-11-19(26)12-14-20/h7-14,21H,4-6,15-16H2,1-3H3,(H2,27,32)/t21-/m1/s1. The zero-order chi connectivity index (χ0) is 23.8. The predicted octanol–water partition coefficient (Wildman–Crippen LogP) is 5.32. The van der Waals surface area contributed by atoms with Gasteiger partial charge < -0.3 is 5.73 Å². The van der Waals surface area contributed by atoms with Crippen molar-refractivity contribution in [2.45, 2.75) is 58.2 Å². The number of nitrogens with zero attached hydrogens (tertiary/aromatic N) is 4. The van der Waals surface area contributed by atoms with Gasteiger partial charge in [0.1, 0.15) is 0 Å². The molecule has 8 heteroatoms. The van der Waals surface area contributed by atoms with E-state index >= 15 is 0 Å². The van der Waals surface area contributed by atoms with E-state index in [1.54, 1.807) is 4.68 Å². The molecule has 0 aliphatic carbocycles. The van der Waals surface area contributed by atoms with Crippen LogP contribution in [0.2, 0.25) is 5.02 Å². The monoisotopic (exact) mass is 483 g/mol. The van der Waals surface area contributed by atoms with E-state index < -0.39 is 0 Å². The Bertz CT molecular complexity index is 1190. The SMILES string of the molecule is CC(C)(C)c1ccc(-c2nn(CN3CCCC[C@@H]3C(N)=O)c(=S)n2-c2ccc(Cl)cc2)cc1. The Morgan fingerprint density at radius 3 is 2.39 bits per heavy atom. The van der Waals surface area contributed by atoms with Crippen molar-refractivity contribution in [2.75, 3.05) is 6.54 Å². The molecule has 2 aromatic carbocycles. The topological polar surface area (TPSA) is 69.1 Å². The Balaban J connectivity index is 1.79. The summed E-state index contributed by atoms with van der Waals surface area (Å²) < 4.78 is 4.31. The van der Waals surface area contributed by atoms with E-state index in [1.807, 2.05) is 28.8 Å². The maximum absolute atomic E-state index is 12.0. The van der Waals surface area contributed by atoms with E-state index in [0.29, 0.717) is 16.5 Å². The summed E-state index contributed by atoms with van der Waals surface area (Å²) in [4.78, 5) is 14.1. The fraction of sp³-hybridized carbons (Fsp3) is 0.400. The van der Waals surface area contributed by atoms with E-state index in [0.717, 1.165) is 42.9 Å². The molecule has 33 heavy (non-hydrogen) atoms. The number of aromatic nitrogens is 3. The molecule has 6 nitrogen and oxygen atoms in total. The average Bonchev–Trinajstić information content (AvgIpc) is 3.10. The molecule has 3 aromatic rings. The molecule has 0 bridgehead atoms. The summed E-state index contributed by atoms with van der Waals surface area (Å²) in [7, 11) is 0. The Morgan fingerprint density at radius 2 is 1.79 bits per heavy atom. The van der Waals surface area contributed by atoms with Crippen molar-refractivity contribution in [2.24, 2.45) is 5.73 Å². The summed E-state index contributed by atoms with van der Waals surface area (Å²) in [5.74, 6) is 0.451. The second-order valence-corrected chi connectivity index (χ2v) is 10.4. The van der Waals surface area contributed by atoms with Gasteiger partial charge in [-0.2, -0.15) is 0 Å². The smallest absolute Gasteiger partial charge is 0.234 e. The van der Waals surface area contributed by atoms with Gasteiger partial charge in [0.05, 0.1) is 18.4 Å². The van der Waals surface area contributed by atoms with E-state index in [9.17, 15) is 4.79 Å². The molecular formula is C25H30ClN5OS. The van der Waals surface area contributed by atoms with Crippen LogP contribution in [0.15, 0.2) is 48.5 Å². The zero-order valence-electron chi connectivity index (χ0n) is 19.3. The van der Waals surface area contributed by atoms with E-state index in [-0.39, 0.29) is 17.4 Å². The highest BCUT2D eigenvalue weighted by Gasteiger charge is 2.28. The number of piperidine rings is 1. The van der Waals surface area contributed by atoms with Crippen molar-refractivity contribution in [1.82, 2.24) is 19.2 Å². The Kier molecular flexibility index (Phi) is 6.75. The number of likely N-dealkylation sites (tertiary alicyclic amines) is 1. The van der Waals surface area contributed by atoms with Crippen molar-refractivity contribution in [3.8, 4) is 17.1 Å². The number of primary amides is 1. The van der Waals surface area contributed by atoms with E-state index in [2.05, 4.69) is 49.9 Å². The van der Waals surface area contributed by atoms with Crippen LogP contribution in [0.1, 0.15) is 45.6 Å². The summed E-state index contributed by atoms with van der Waals surface area (Å²) in [6.07, 6.45) is 2.79. The molecular weight excluding hydrogens is 454 g/mol. The molecule has 1 atom stereocenters. The van der Waals surface area contributed by atoms with Gasteiger partial charge in [-0.05, 0) is 60.3 Å². The van der Waals surface area contributed by atoms with Gasteiger partial charge in [-0.15, -0.1) is 5.10 Å². The Hall–Kier alpha value is -2.48. The predicted molar refractivity (Wildman–Crippen MR) is 135 cm³/mol. The molecule has 0 spiro atoms. The van der Waals surface area contributed by atoms with Crippen LogP contribution in [0.5, 0.6) is 0 Å². The quantitative estimate of drug-likeness (QED) is 0.499. The van der Waals surface area contributed by atoms with Gasteiger partial charge in [0.2, 0.25) is 10.7 Å². The van der Waals surface area contributed by atoms with Gasteiger partial charge in [-0.3, -0.25) is 14.3 Å². The summed E-state index contributed by atoms with van der Waals surface area (Å²) in [5.41, 5.74) is 8.84. The maximum atomic E-state index is 12.0. The lowest BCUT2D eigenvalue weighted by molar-refractivity contribution is -0.125. The molecule has 0 unspecified atom stereocenters. The summed E-state index contributed by atoms with van der Waals surface area (Å²) in [6.45, 7) is 7.79. The van der Waals surface area contributed by atoms with E-state index in [1.165, 1.54) is 5.56 Å². The van der Waals surface area contributed by atoms with Gasteiger partial charge in [0.25, 0.3) is 0 Å². The van der Waals surface area contributed by atoms with Crippen LogP contribution in [0, 0.1) is 4.77 Å². The first-order valence-corrected chi connectivity index (χ1v) is 12.0. The van der Waals surface area contributed by atoms with E-state index in [4.69, 9.17) is 34.7 Å². The molecule has 4 rings (SSSR count). The van der Waals surface area contributed by atoms with Gasteiger partial charge in [-0.25, -0.2) is 4.68 Å². The minimum atomic E-state index is -0.296. The number of halogens is 1. The number of carbonyl (C=O) groups is 1. The van der Waals surface area contributed by atoms with Gasteiger partial charge in [-0.1, -0.05) is 63.1 Å². The third-order valence-electron chi connectivity index (χ3n) is 6.19. The lowest BCUT2D eigenvalue weighted by Gasteiger charge is -2.33. The maximum Gasteiger partial charge on any atom is 0.234 e. The van der Waals surface area contributed by atoms with Crippen molar-refractivity contribution >= 4 is 29.7 Å². The normalized spacial score (nSPS) is 17.3. The van der Waals surface area contributed by atoms with Crippen LogP contribution >= 0.6 is 23.8 Å². The van der Waals surface area contributed by atoms with Crippen molar-refractivity contribution in [3.05, 3.63) is 63.9 Å². The molecule has 1 aliphatic rings. The molecule has 0 saturated carbocycles. The molecule has 1 saturated heterocycles. The lowest BCUT2D eigenvalue weighted by atomic mass is 9.87. The first kappa shape index (κ1) is 23.7. The number of hydrogen-bond acceptors (Lipinski definition) is 4. The van der Waals surface area contributed by atoms with Crippen LogP contribution < -0.4 is 5.73 Å². The van der Waals surface area contributed by atoms with Crippen LogP contribution in [-0.2, 0) is 16.9 Å². The third kappa shape index (κ3) is 5.05. The molecule has 1 amide bonds. The van der Waals surface area contributed by atoms with Crippen molar-refractivity contribution in [3.63, 3.8) is 0 Å². The fourth-order valence-corrected chi connectivity index (χ4v) is 4.70. The van der Waals surface area contributed by atoms with Crippen LogP contribution in [-0.4, -0.2) is 37.7 Å². The zero-order valence-corrected chi connectivity index (χ0v) is 20.9. The summed E-state index contributed by atoms with van der Waals surface area (Å²) in [6, 6.07) is 15.7. The Morgan fingerprint density at radius 1 is 1.12 bits per heavy atom. The van der Waals surface area contributed by atoms with Gasteiger partial charge in [0.15, 0.2) is 5.82 Å². The minimum Gasteiger partial charge on any atom is -0.368 e. The number of amides is 1. The fourth-order valence-electron chi connectivity index (χ4n) is 4.28. The van der Waals surface area contributed by atoms with Gasteiger partial charge >= 0.3 is 0 Å². The van der Waals surface area contributed by atoms with Crippen LogP contribution in [0.25, 0.3) is 17.1 Å². The first-order valence-electron chi connectivity index (χ1n) is 11.3.